The summed E-state index contributed by atoms with van der Waals surface area (Å²) in [6.07, 6.45) is 2.28. The highest BCUT2D eigenvalue weighted by molar-refractivity contribution is 5.68. The van der Waals surface area contributed by atoms with Crippen molar-refractivity contribution in [2.75, 3.05) is 20.8 Å². The maximum absolute atomic E-state index is 11.1. The highest BCUT2D eigenvalue weighted by Crippen LogP contribution is 2.46. The third kappa shape index (κ3) is 3.58. The first-order chi connectivity index (χ1) is 9.67. The number of carbonyl (C=O) groups is 1. The summed E-state index contributed by atoms with van der Waals surface area (Å²) in [7, 11) is 3.30. The molecule has 1 aromatic carbocycles. The van der Waals surface area contributed by atoms with Crippen LogP contribution in [0.15, 0.2) is 24.3 Å². The lowest BCUT2D eigenvalue weighted by atomic mass is 9.86. The molecule has 1 aliphatic carbocycles. The average molecular weight is 278 g/mol. The van der Waals surface area contributed by atoms with Gasteiger partial charge in [0.25, 0.3) is 0 Å². The van der Waals surface area contributed by atoms with E-state index in [1.807, 2.05) is 24.3 Å². The van der Waals surface area contributed by atoms with Gasteiger partial charge in [0.1, 0.15) is 6.10 Å². The highest BCUT2D eigenvalue weighted by Gasteiger charge is 2.35. The van der Waals surface area contributed by atoms with Gasteiger partial charge in [0.2, 0.25) is 0 Å². The fourth-order valence-electron chi connectivity index (χ4n) is 2.80. The van der Waals surface area contributed by atoms with Gasteiger partial charge >= 0.3 is 5.97 Å². The molecule has 1 aromatic rings. The fraction of sp³-hybridized carbons (Fsp3) is 0.562. The zero-order chi connectivity index (χ0) is 14.5. The molecular weight excluding hydrogens is 256 g/mol. The number of carboxylic acids is 1. The van der Waals surface area contributed by atoms with Crippen molar-refractivity contribution >= 4 is 5.97 Å². The van der Waals surface area contributed by atoms with Crippen LogP contribution in [0.4, 0.5) is 0 Å². The molecule has 0 radical (unpaired) electrons. The minimum atomic E-state index is -0.739. The van der Waals surface area contributed by atoms with Gasteiger partial charge in [-0.15, -0.1) is 0 Å². The molecule has 1 fully saturated rings. The van der Waals surface area contributed by atoms with Crippen molar-refractivity contribution in [2.45, 2.75) is 31.3 Å². The Morgan fingerprint density at radius 1 is 1.30 bits per heavy atom. The van der Waals surface area contributed by atoms with Gasteiger partial charge in [-0.2, -0.15) is 0 Å². The van der Waals surface area contributed by atoms with Crippen molar-refractivity contribution in [1.29, 1.82) is 0 Å². The molecule has 0 heterocycles. The largest absolute Gasteiger partial charge is 0.481 e. The van der Waals surface area contributed by atoms with E-state index < -0.39 is 5.97 Å². The monoisotopic (exact) mass is 278 g/mol. The van der Waals surface area contributed by atoms with Crippen molar-refractivity contribution < 1.29 is 19.4 Å². The minimum Gasteiger partial charge on any atom is -0.481 e. The lowest BCUT2D eigenvalue weighted by Gasteiger charge is -2.23. The molecule has 4 nitrogen and oxygen atoms in total. The summed E-state index contributed by atoms with van der Waals surface area (Å²) < 4.78 is 10.7. The summed E-state index contributed by atoms with van der Waals surface area (Å²) in [6, 6.07) is 7.98. The Morgan fingerprint density at radius 3 is 2.45 bits per heavy atom. The third-order valence-corrected chi connectivity index (χ3v) is 3.93. The summed E-state index contributed by atoms with van der Waals surface area (Å²) in [5.74, 6) is -0.164. The van der Waals surface area contributed by atoms with E-state index in [0.29, 0.717) is 12.5 Å². The summed E-state index contributed by atoms with van der Waals surface area (Å²) in [6.45, 7) is 0.470. The fourth-order valence-corrected chi connectivity index (χ4v) is 2.80. The number of ether oxygens (including phenoxy) is 2. The summed E-state index contributed by atoms with van der Waals surface area (Å²) >= 11 is 0. The van der Waals surface area contributed by atoms with Gasteiger partial charge in [0, 0.05) is 14.2 Å². The number of benzene rings is 1. The van der Waals surface area contributed by atoms with Crippen molar-refractivity contribution in [1.82, 2.24) is 0 Å². The van der Waals surface area contributed by atoms with Gasteiger partial charge in [0.05, 0.1) is 13.0 Å². The molecule has 0 aromatic heterocycles. The SMILES string of the molecule is COCC(OC)c1ccccc1C(CC(=O)O)C1CC1. The first kappa shape index (κ1) is 15.0. The van der Waals surface area contributed by atoms with Crippen LogP contribution in [0.25, 0.3) is 0 Å². The molecule has 0 amide bonds. The van der Waals surface area contributed by atoms with E-state index in [-0.39, 0.29) is 18.4 Å². The first-order valence-corrected chi connectivity index (χ1v) is 6.99. The number of hydrogen-bond acceptors (Lipinski definition) is 3. The summed E-state index contributed by atoms with van der Waals surface area (Å²) in [5, 5.41) is 9.16. The molecule has 1 N–H and O–H groups in total. The second kappa shape index (κ2) is 6.86. The number of hydrogen-bond donors (Lipinski definition) is 1. The van der Waals surface area contributed by atoms with Crippen LogP contribution in [0, 0.1) is 5.92 Å². The molecule has 2 unspecified atom stereocenters. The Labute approximate surface area is 119 Å². The van der Waals surface area contributed by atoms with E-state index in [1.54, 1.807) is 14.2 Å². The van der Waals surface area contributed by atoms with Gasteiger partial charge in [0.15, 0.2) is 0 Å². The van der Waals surface area contributed by atoms with Gasteiger partial charge in [-0.1, -0.05) is 24.3 Å². The lowest BCUT2D eigenvalue weighted by Crippen LogP contribution is -2.15. The Kier molecular flexibility index (Phi) is 5.15. The second-order valence-electron chi connectivity index (χ2n) is 5.35. The normalized spacial score (nSPS) is 17.7. The molecule has 1 aliphatic rings. The van der Waals surface area contributed by atoms with Crippen LogP contribution in [0.1, 0.15) is 42.4 Å². The van der Waals surface area contributed by atoms with Crippen LogP contribution in [0.5, 0.6) is 0 Å². The third-order valence-electron chi connectivity index (χ3n) is 3.93. The van der Waals surface area contributed by atoms with Gasteiger partial charge in [-0.25, -0.2) is 0 Å². The maximum atomic E-state index is 11.1. The predicted molar refractivity (Wildman–Crippen MR) is 75.8 cm³/mol. The molecule has 20 heavy (non-hydrogen) atoms. The lowest BCUT2D eigenvalue weighted by molar-refractivity contribution is -0.137. The van der Waals surface area contributed by atoms with E-state index in [0.717, 1.165) is 24.0 Å². The highest BCUT2D eigenvalue weighted by atomic mass is 16.5. The molecule has 4 heteroatoms. The standard InChI is InChI=1S/C16H22O4/c1-19-10-15(20-2)13-6-4-3-5-12(13)14(9-16(17)18)11-7-8-11/h3-6,11,14-15H,7-10H2,1-2H3,(H,17,18). The van der Waals surface area contributed by atoms with Gasteiger partial charge in [-0.05, 0) is 35.8 Å². The Bertz CT molecular complexity index is 454. The number of rotatable bonds is 8. The Balaban J connectivity index is 2.31. The van der Waals surface area contributed by atoms with Gasteiger partial charge in [-0.3, -0.25) is 4.79 Å². The van der Waals surface area contributed by atoms with E-state index in [1.165, 1.54) is 0 Å². The van der Waals surface area contributed by atoms with E-state index in [2.05, 4.69) is 0 Å². The first-order valence-electron chi connectivity index (χ1n) is 6.99. The molecular formula is C16H22O4. The van der Waals surface area contributed by atoms with Crippen molar-refractivity contribution in [3.8, 4) is 0 Å². The van der Waals surface area contributed by atoms with E-state index >= 15 is 0 Å². The summed E-state index contributed by atoms with van der Waals surface area (Å²) in [4.78, 5) is 11.1. The quantitative estimate of drug-likeness (QED) is 0.794. The molecule has 0 bridgehead atoms. The zero-order valence-electron chi connectivity index (χ0n) is 12.0. The molecule has 0 spiro atoms. The topological polar surface area (TPSA) is 55.8 Å². The number of aliphatic carboxylic acids is 1. The Hall–Kier alpha value is -1.39. The second-order valence-corrected chi connectivity index (χ2v) is 5.35. The van der Waals surface area contributed by atoms with Crippen LogP contribution in [-0.4, -0.2) is 31.9 Å². The molecule has 1 saturated carbocycles. The van der Waals surface area contributed by atoms with E-state index in [9.17, 15) is 4.79 Å². The number of carboxylic acid groups (broad SMARTS) is 1. The molecule has 0 aliphatic heterocycles. The minimum absolute atomic E-state index is 0.0817. The van der Waals surface area contributed by atoms with Crippen molar-refractivity contribution in [2.24, 2.45) is 5.92 Å². The predicted octanol–water partition coefficient (Wildman–Crippen LogP) is 2.99. The van der Waals surface area contributed by atoms with Crippen LogP contribution in [-0.2, 0) is 14.3 Å². The maximum Gasteiger partial charge on any atom is 0.303 e. The van der Waals surface area contributed by atoms with Crippen LogP contribution < -0.4 is 0 Å². The summed E-state index contributed by atoms with van der Waals surface area (Å²) in [5.41, 5.74) is 2.15. The van der Waals surface area contributed by atoms with Crippen LogP contribution in [0.2, 0.25) is 0 Å². The number of methoxy groups -OCH3 is 2. The molecule has 2 rings (SSSR count). The smallest absolute Gasteiger partial charge is 0.303 e. The average Bonchev–Trinajstić information content (AvgIpc) is 3.26. The zero-order valence-corrected chi connectivity index (χ0v) is 12.0. The van der Waals surface area contributed by atoms with Crippen LogP contribution in [0.3, 0.4) is 0 Å². The molecule has 2 atom stereocenters. The van der Waals surface area contributed by atoms with Crippen molar-refractivity contribution in [3.05, 3.63) is 35.4 Å². The van der Waals surface area contributed by atoms with Crippen LogP contribution >= 0.6 is 0 Å². The molecule has 110 valence electrons. The van der Waals surface area contributed by atoms with Crippen molar-refractivity contribution in [3.63, 3.8) is 0 Å². The molecule has 0 saturated heterocycles. The van der Waals surface area contributed by atoms with Gasteiger partial charge < -0.3 is 14.6 Å². The van der Waals surface area contributed by atoms with E-state index in [4.69, 9.17) is 14.6 Å². The Morgan fingerprint density at radius 2 is 1.95 bits per heavy atom.